The molecule has 0 aliphatic rings. The summed E-state index contributed by atoms with van der Waals surface area (Å²) in [6, 6.07) is 9.36. The lowest BCUT2D eigenvalue weighted by Gasteiger charge is -2.15. The molecule has 0 spiro atoms. The van der Waals surface area contributed by atoms with Crippen molar-refractivity contribution in [2.24, 2.45) is 5.73 Å². The Morgan fingerprint density at radius 3 is 2.51 bits per heavy atom. The fourth-order valence-corrected chi connectivity index (χ4v) is 4.41. The van der Waals surface area contributed by atoms with Crippen molar-refractivity contribution in [3.8, 4) is 11.1 Å². The molecule has 0 fully saturated rings. The van der Waals surface area contributed by atoms with Crippen molar-refractivity contribution < 1.29 is 28.3 Å². The highest BCUT2D eigenvalue weighted by Crippen LogP contribution is 2.35. The van der Waals surface area contributed by atoms with Crippen LogP contribution in [-0.4, -0.2) is 35.6 Å². The van der Waals surface area contributed by atoms with Gasteiger partial charge in [0.1, 0.15) is 17.2 Å². The van der Waals surface area contributed by atoms with Crippen LogP contribution in [0.25, 0.3) is 33.1 Å². The molecule has 4 rings (SSSR count). The molecule has 2 heterocycles. The van der Waals surface area contributed by atoms with Gasteiger partial charge in [0.15, 0.2) is 0 Å². The minimum atomic E-state index is -1.22. The Kier molecular flexibility index (Phi) is 7.63. The number of carboxylic acid groups (broad SMARTS) is 1. The maximum atomic E-state index is 12.7. The van der Waals surface area contributed by atoms with Gasteiger partial charge < -0.3 is 30.3 Å². The Balaban J connectivity index is 1.60. The summed E-state index contributed by atoms with van der Waals surface area (Å²) in [6.07, 6.45) is 1.65. The van der Waals surface area contributed by atoms with Gasteiger partial charge in [-0.3, -0.25) is 4.79 Å². The number of furan rings is 1. The second-order valence-electron chi connectivity index (χ2n) is 8.56. The molecule has 5 N–H and O–H groups in total. The van der Waals surface area contributed by atoms with Crippen molar-refractivity contribution in [3.63, 3.8) is 0 Å². The van der Waals surface area contributed by atoms with Gasteiger partial charge in [-0.2, -0.15) is 0 Å². The first kappa shape index (κ1) is 26.0. The normalized spacial score (nSPS) is 11.9. The van der Waals surface area contributed by atoms with E-state index in [1.54, 1.807) is 19.3 Å². The van der Waals surface area contributed by atoms with E-state index in [9.17, 15) is 24.3 Å². The number of fused-ring (bicyclic) bond motifs is 2. The molecule has 0 saturated heterocycles. The van der Waals surface area contributed by atoms with Crippen LogP contribution in [0.4, 0.5) is 4.79 Å². The van der Waals surface area contributed by atoms with Crippen LogP contribution in [0.3, 0.4) is 0 Å². The van der Waals surface area contributed by atoms with Crippen LogP contribution in [-0.2, 0) is 16.0 Å². The average Bonchev–Trinajstić information content (AvgIpc) is 3.25. The first-order valence-electron chi connectivity index (χ1n) is 11.4. The number of aliphatic carboxylic acids is 1. The molecule has 0 bridgehead atoms. The number of hydrogen-bond acceptors (Lipinski definition) is 6. The summed E-state index contributed by atoms with van der Waals surface area (Å²) < 4.78 is 12.2. The van der Waals surface area contributed by atoms with Crippen LogP contribution < -0.4 is 22.0 Å². The topological polar surface area (TPSA) is 165 Å². The third kappa shape index (κ3) is 5.83. The molecule has 11 heteroatoms. The lowest BCUT2D eigenvalue weighted by Crippen LogP contribution is -2.42. The van der Waals surface area contributed by atoms with Crippen molar-refractivity contribution in [2.45, 2.75) is 32.2 Å². The fraction of sp³-hybridized carbons (Fsp3) is 0.231. The molecule has 2 aromatic carbocycles. The second-order valence-corrected chi connectivity index (χ2v) is 9.48. The lowest BCUT2D eigenvalue weighted by atomic mass is 9.99. The fourth-order valence-electron chi connectivity index (χ4n) is 4.15. The predicted octanol–water partition coefficient (Wildman–Crippen LogP) is 3.84. The van der Waals surface area contributed by atoms with E-state index in [4.69, 9.17) is 14.6 Å². The van der Waals surface area contributed by atoms with E-state index < -0.39 is 29.6 Å². The molecule has 0 aliphatic heterocycles. The van der Waals surface area contributed by atoms with Gasteiger partial charge in [0, 0.05) is 33.4 Å². The van der Waals surface area contributed by atoms with Crippen LogP contribution >= 0.6 is 15.9 Å². The standard InChI is InChI=1S/C26H24BrN3O7/c1-13-16-9-18-19(14-4-6-15(27)7-5-14)12-36-21(18)11-22(16)37-25(34)17(13)10-23(31)30-20(24(32)33)3-2-8-29-26(28)35/h4-7,9,11-12,20H,2-3,8,10H2,1H3,(H,30,31)(H,32,33)(H3,28,29,35)/t20-/m0/s1. The number of nitrogens with one attached hydrogen (secondary N) is 2. The van der Waals surface area contributed by atoms with Crippen molar-refractivity contribution in [1.82, 2.24) is 10.6 Å². The van der Waals surface area contributed by atoms with Crippen LogP contribution in [0.2, 0.25) is 0 Å². The number of rotatable bonds is 9. The van der Waals surface area contributed by atoms with E-state index in [0.29, 0.717) is 28.5 Å². The van der Waals surface area contributed by atoms with E-state index in [0.717, 1.165) is 21.0 Å². The summed E-state index contributed by atoms with van der Waals surface area (Å²) in [6.45, 7) is 1.89. The van der Waals surface area contributed by atoms with Gasteiger partial charge in [0.2, 0.25) is 5.91 Å². The summed E-state index contributed by atoms with van der Waals surface area (Å²) in [5.41, 5.74) is 7.68. The van der Waals surface area contributed by atoms with Gasteiger partial charge >= 0.3 is 17.6 Å². The summed E-state index contributed by atoms with van der Waals surface area (Å²) in [5.74, 6) is -1.86. The number of hydrogen-bond donors (Lipinski definition) is 4. The quantitative estimate of drug-likeness (QED) is 0.175. The summed E-state index contributed by atoms with van der Waals surface area (Å²) >= 11 is 3.43. The smallest absolute Gasteiger partial charge is 0.340 e. The van der Waals surface area contributed by atoms with Crippen molar-refractivity contribution >= 4 is 55.8 Å². The largest absolute Gasteiger partial charge is 0.480 e. The van der Waals surface area contributed by atoms with E-state index in [-0.39, 0.29) is 24.9 Å². The molecule has 2 aromatic heterocycles. The second kappa shape index (κ2) is 10.9. The van der Waals surface area contributed by atoms with Gasteiger partial charge in [-0.15, -0.1) is 0 Å². The predicted molar refractivity (Wildman–Crippen MR) is 140 cm³/mol. The monoisotopic (exact) mass is 569 g/mol. The lowest BCUT2D eigenvalue weighted by molar-refractivity contribution is -0.141. The molecule has 3 amide bonds. The molecule has 10 nitrogen and oxygen atoms in total. The number of carbonyl (C=O) groups is 3. The van der Waals surface area contributed by atoms with E-state index in [1.807, 2.05) is 30.3 Å². The molecule has 0 unspecified atom stereocenters. The van der Waals surface area contributed by atoms with E-state index in [1.165, 1.54) is 0 Å². The van der Waals surface area contributed by atoms with E-state index >= 15 is 0 Å². The van der Waals surface area contributed by atoms with Gasteiger partial charge in [-0.25, -0.2) is 14.4 Å². The number of halogens is 1. The Bertz CT molecular complexity index is 1560. The Morgan fingerprint density at radius 1 is 1.11 bits per heavy atom. The molecule has 1 atom stereocenters. The van der Waals surface area contributed by atoms with Gasteiger partial charge in [-0.1, -0.05) is 28.1 Å². The molecular formula is C26H24BrN3O7. The first-order chi connectivity index (χ1) is 17.6. The number of benzene rings is 2. The van der Waals surface area contributed by atoms with Crippen molar-refractivity contribution in [2.75, 3.05) is 6.54 Å². The minimum absolute atomic E-state index is 0.0734. The average molecular weight is 570 g/mol. The van der Waals surface area contributed by atoms with E-state index in [2.05, 4.69) is 26.6 Å². The summed E-state index contributed by atoms with van der Waals surface area (Å²) in [4.78, 5) is 47.7. The summed E-state index contributed by atoms with van der Waals surface area (Å²) in [7, 11) is 0. The first-order valence-corrected chi connectivity index (χ1v) is 12.2. The number of aryl methyl sites for hydroxylation is 1. The Morgan fingerprint density at radius 2 is 1.84 bits per heavy atom. The molecule has 0 saturated carbocycles. The van der Waals surface area contributed by atoms with Crippen LogP contribution in [0.15, 0.2) is 60.8 Å². The number of urea groups is 1. The third-order valence-electron chi connectivity index (χ3n) is 6.08. The molecule has 4 aromatic rings. The summed E-state index contributed by atoms with van der Waals surface area (Å²) in [5, 5.41) is 15.7. The van der Waals surface area contributed by atoms with Gasteiger partial charge in [0.05, 0.1) is 18.2 Å². The molecule has 0 radical (unpaired) electrons. The number of carboxylic acids is 1. The zero-order valence-electron chi connectivity index (χ0n) is 19.8. The highest BCUT2D eigenvalue weighted by atomic mass is 79.9. The van der Waals surface area contributed by atoms with Crippen LogP contribution in [0.5, 0.6) is 0 Å². The van der Waals surface area contributed by atoms with Crippen LogP contribution in [0, 0.1) is 6.92 Å². The SMILES string of the molecule is Cc1c(CC(=O)N[C@@H](CCCNC(N)=O)C(=O)O)c(=O)oc2cc3occ(-c4ccc(Br)cc4)c3cc12. The van der Waals surface area contributed by atoms with Crippen molar-refractivity contribution in [3.05, 3.63) is 68.7 Å². The molecule has 37 heavy (non-hydrogen) atoms. The number of carbonyl (C=O) groups excluding carboxylic acids is 2. The van der Waals surface area contributed by atoms with Crippen molar-refractivity contribution in [1.29, 1.82) is 0 Å². The van der Waals surface area contributed by atoms with Crippen LogP contribution in [0.1, 0.15) is 24.0 Å². The maximum Gasteiger partial charge on any atom is 0.340 e. The van der Waals surface area contributed by atoms with Gasteiger partial charge in [0.25, 0.3) is 0 Å². The third-order valence-corrected chi connectivity index (χ3v) is 6.60. The van der Waals surface area contributed by atoms with Gasteiger partial charge in [-0.05, 0) is 49.1 Å². The Labute approximate surface area is 218 Å². The maximum absolute atomic E-state index is 12.7. The number of amides is 3. The molecular weight excluding hydrogens is 546 g/mol. The minimum Gasteiger partial charge on any atom is -0.480 e. The number of nitrogens with two attached hydrogens (primary N) is 1. The molecule has 0 aliphatic carbocycles. The zero-order valence-corrected chi connectivity index (χ0v) is 21.4. The number of primary amides is 1. The highest BCUT2D eigenvalue weighted by molar-refractivity contribution is 9.10. The zero-order chi connectivity index (χ0) is 26.7. The Hall–Kier alpha value is -4.12. The molecule has 192 valence electrons. The highest BCUT2D eigenvalue weighted by Gasteiger charge is 2.22.